The summed E-state index contributed by atoms with van der Waals surface area (Å²) in [7, 11) is 3.46. The van der Waals surface area contributed by atoms with Gasteiger partial charge in [-0.25, -0.2) is 0 Å². The summed E-state index contributed by atoms with van der Waals surface area (Å²) in [5.41, 5.74) is 1.15. The molecule has 0 aliphatic heterocycles. The highest BCUT2D eigenvalue weighted by atomic mass is 16.2. The second-order valence-corrected chi connectivity index (χ2v) is 4.04. The van der Waals surface area contributed by atoms with Crippen LogP contribution in [-0.2, 0) is 6.54 Å². The first kappa shape index (κ1) is 12.9. The standard InChI is InChI=1S/C13H15N5O/c1-14-12-7-6-11(16-17-12)13(19)18(2)9-10-5-3-4-8-15-10/h3-8H,9H2,1-2H3,(H,14,17). The summed E-state index contributed by atoms with van der Waals surface area (Å²) in [6, 6.07) is 8.97. The molecule has 0 aromatic carbocycles. The van der Waals surface area contributed by atoms with Crippen LogP contribution in [0.2, 0.25) is 0 Å². The largest absolute Gasteiger partial charge is 0.372 e. The molecule has 0 radical (unpaired) electrons. The van der Waals surface area contributed by atoms with Gasteiger partial charge in [0.2, 0.25) is 0 Å². The van der Waals surface area contributed by atoms with Gasteiger partial charge in [0, 0.05) is 20.3 Å². The average molecular weight is 257 g/mol. The minimum absolute atomic E-state index is 0.180. The normalized spacial score (nSPS) is 10.0. The molecule has 0 bridgehead atoms. The zero-order chi connectivity index (χ0) is 13.7. The van der Waals surface area contributed by atoms with E-state index in [4.69, 9.17) is 0 Å². The molecule has 2 aromatic heterocycles. The molecule has 0 spiro atoms. The molecule has 0 saturated heterocycles. The molecular formula is C13H15N5O. The van der Waals surface area contributed by atoms with Gasteiger partial charge in [-0.3, -0.25) is 9.78 Å². The van der Waals surface area contributed by atoms with Gasteiger partial charge in [-0.15, -0.1) is 10.2 Å². The fourth-order valence-corrected chi connectivity index (χ4v) is 1.58. The van der Waals surface area contributed by atoms with Crippen molar-refractivity contribution in [3.8, 4) is 0 Å². The monoisotopic (exact) mass is 257 g/mol. The Balaban J connectivity index is 2.06. The first-order valence-corrected chi connectivity index (χ1v) is 5.87. The number of anilines is 1. The van der Waals surface area contributed by atoms with Gasteiger partial charge in [-0.05, 0) is 24.3 Å². The molecular weight excluding hydrogens is 242 g/mol. The molecule has 2 heterocycles. The van der Waals surface area contributed by atoms with Crippen molar-refractivity contribution in [2.45, 2.75) is 6.54 Å². The highest BCUT2D eigenvalue weighted by Gasteiger charge is 2.14. The summed E-state index contributed by atoms with van der Waals surface area (Å²) in [5, 5.41) is 10.6. The molecule has 2 rings (SSSR count). The molecule has 19 heavy (non-hydrogen) atoms. The lowest BCUT2D eigenvalue weighted by Crippen LogP contribution is -2.27. The summed E-state index contributed by atoms with van der Waals surface area (Å²) >= 11 is 0. The number of nitrogens with one attached hydrogen (secondary N) is 1. The van der Waals surface area contributed by atoms with Crippen LogP contribution < -0.4 is 5.32 Å². The van der Waals surface area contributed by atoms with Crippen LogP contribution in [0.1, 0.15) is 16.2 Å². The van der Waals surface area contributed by atoms with Crippen molar-refractivity contribution in [1.82, 2.24) is 20.1 Å². The molecule has 1 N–H and O–H groups in total. The number of hydrogen-bond donors (Lipinski definition) is 1. The Bertz CT molecular complexity index is 541. The van der Waals surface area contributed by atoms with E-state index in [-0.39, 0.29) is 5.91 Å². The summed E-state index contributed by atoms with van der Waals surface area (Å²) in [6.07, 6.45) is 1.70. The summed E-state index contributed by atoms with van der Waals surface area (Å²) in [5.74, 6) is 0.449. The van der Waals surface area contributed by atoms with E-state index in [0.29, 0.717) is 18.1 Å². The molecule has 0 aliphatic carbocycles. The number of hydrogen-bond acceptors (Lipinski definition) is 5. The topological polar surface area (TPSA) is 71.0 Å². The first-order chi connectivity index (χ1) is 9.20. The highest BCUT2D eigenvalue weighted by molar-refractivity contribution is 5.92. The van der Waals surface area contributed by atoms with E-state index in [2.05, 4.69) is 20.5 Å². The Morgan fingerprint density at radius 3 is 2.68 bits per heavy atom. The molecule has 2 aromatic rings. The molecule has 0 atom stereocenters. The molecule has 0 saturated carbocycles. The zero-order valence-corrected chi connectivity index (χ0v) is 10.9. The van der Waals surface area contributed by atoms with Crippen LogP contribution in [0, 0.1) is 0 Å². The number of aromatic nitrogens is 3. The van der Waals surface area contributed by atoms with Gasteiger partial charge in [0.05, 0.1) is 12.2 Å². The Morgan fingerprint density at radius 1 is 1.26 bits per heavy atom. The van der Waals surface area contributed by atoms with E-state index in [9.17, 15) is 4.79 Å². The number of carbonyl (C=O) groups excluding carboxylic acids is 1. The highest BCUT2D eigenvalue weighted by Crippen LogP contribution is 2.06. The molecule has 0 aliphatic rings. The average Bonchev–Trinajstić information content (AvgIpc) is 2.47. The lowest BCUT2D eigenvalue weighted by Gasteiger charge is -2.15. The van der Waals surface area contributed by atoms with Crippen LogP contribution in [0.25, 0.3) is 0 Å². The lowest BCUT2D eigenvalue weighted by atomic mass is 10.3. The van der Waals surface area contributed by atoms with E-state index in [1.807, 2.05) is 18.2 Å². The predicted octanol–water partition coefficient (Wildman–Crippen LogP) is 1.19. The number of rotatable bonds is 4. The number of amides is 1. The third-order valence-electron chi connectivity index (χ3n) is 2.61. The zero-order valence-electron chi connectivity index (χ0n) is 10.9. The molecule has 0 unspecified atom stereocenters. The number of nitrogens with zero attached hydrogens (tertiary/aromatic N) is 4. The molecule has 1 amide bonds. The smallest absolute Gasteiger partial charge is 0.274 e. The van der Waals surface area contributed by atoms with Crippen molar-refractivity contribution >= 4 is 11.7 Å². The maximum Gasteiger partial charge on any atom is 0.274 e. The summed E-state index contributed by atoms with van der Waals surface area (Å²) in [6.45, 7) is 0.440. The van der Waals surface area contributed by atoms with E-state index in [1.165, 1.54) is 0 Å². The molecule has 0 fully saturated rings. The van der Waals surface area contributed by atoms with Crippen LogP contribution in [0.3, 0.4) is 0 Å². The molecule has 98 valence electrons. The Morgan fingerprint density at radius 2 is 2.11 bits per heavy atom. The summed E-state index contributed by atoms with van der Waals surface area (Å²) < 4.78 is 0. The lowest BCUT2D eigenvalue weighted by molar-refractivity contribution is 0.0776. The first-order valence-electron chi connectivity index (χ1n) is 5.87. The van der Waals surface area contributed by atoms with Crippen molar-refractivity contribution in [3.05, 3.63) is 47.9 Å². The van der Waals surface area contributed by atoms with E-state index >= 15 is 0 Å². The predicted molar refractivity (Wildman–Crippen MR) is 71.6 cm³/mol. The van der Waals surface area contributed by atoms with Crippen molar-refractivity contribution < 1.29 is 4.79 Å². The van der Waals surface area contributed by atoms with Gasteiger partial charge in [-0.2, -0.15) is 0 Å². The van der Waals surface area contributed by atoms with E-state index < -0.39 is 0 Å². The fraction of sp³-hybridized carbons (Fsp3) is 0.231. The van der Waals surface area contributed by atoms with Gasteiger partial charge < -0.3 is 10.2 Å². The third kappa shape index (κ3) is 3.25. The van der Waals surface area contributed by atoms with Gasteiger partial charge in [0.25, 0.3) is 5.91 Å². The van der Waals surface area contributed by atoms with Crippen LogP contribution in [0.15, 0.2) is 36.5 Å². The minimum Gasteiger partial charge on any atom is -0.372 e. The van der Waals surface area contributed by atoms with Gasteiger partial charge >= 0.3 is 0 Å². The number of carbonyl (C=O) groups is 1. The van der Waals surface area contributed by atoms with Crippen molar-refractivity contribution in [1.29, 1.82) is 0 Å². The van der Waals surface area contributed by atoms with Crippen molar-refractivity contribution in [3.63, 3.8) is 0 Å². The van der Waals surface area contributed by atoms with Crippen LogP contribution in [0.4, 0.5) is 5.82 Å². The van der Waals surface area contributed by atoms with Gasteiger partial charge in [0.15, 0.2) is 5.69 Å². The fourth-order valence-electron chi connectivity index (χ4n) is 1.58. The second-order valence-electron chi connectivity index (χ2n) is 4.04. The number of pyridine rings is 1. The quantitative estimate of drug-likeness (QED) is 0.890. The Kier molecular flexibility index (Phi) is 4.02. The van der Waals surface area contributed by atoms with E-state index in [0.717, 1.165) is 5.69 Å². The van der Waals surface area contributed by atoms with Crippen LogP contribution in [0.5, 0.6) is 0 Å². The summed E-state index contributed by atoms with van der Waals surface area (Å²) in [4.78, 5) is 17.9. The molecule has 6 heteroatoms. The maximum atomic E-state index is 12.1. The second kappa shape index (κ2) is 5.90. The minimum atomic E-state index is -0.180. The van der Waals surface area contributed by atoms with Crippen molar-refractivity contribution in [2.24, 2.45) is 0 Å². The Hall–Kier alpha value is -2.50. The van der Waals surface area contributed by atoms with Crippen LogP contribution >= 0.6 is 0 Å². The van der Waals surface area contributed by atoms with Crippen LogP contribution in [-0.4, -0.2) is 40.1 Å². The van der Waals surface area contributed by atoms with Gasteiger partial charge in [0.1, 0.15) is 5.82 Å². The molecule has 6 nitrogen and oxygen atoms in total. The Labute approximate surface area is 111 Å². The maximum absolute atomic E-state index is 12.1. The van der Waals surface area contributed by atoms with Gasteiger partial charge in [-0.1, -0.05) is 6.07 Å². The van der Waals surface area contributed by atoms with E-state index in [1.54, 1.807) is 37.3 Å². The SMILES string of the molecule is CNc1ccc(C(=O)N(C)Cc2ccccn2)nn1. The van der Waals surface area contributed by atoms with Crippen molar-refractivity contribution in [2.75, 3.05) is 19.4 Å². The third-order valence-corrected chi connectivity index (χ3v) is 2.61.